The topological polar surface area (TPSA) is 80.3 Å². The molecular formula is C15H23NO4S2. The highest BCUT2D eigenvalue weighted by Crippen LogP contribution is 2.21. The molecule has 5 nitrogen and oxygen atoms in total. The van der Waals surface area contributed by atoms with Crippen LogP contribution in [0.1, 0.15) is 38.2 Å². The van der Waals surface area contributed by atoms with Crippen LogP contribution in [0.25, 0.3) is 0 Å². The van der Waals surface area contributed by atoms with Crippen molar-refractivity contribution in [1.82, 2.24) is 4.72 Å². The summed E-state index contributed by atoms with van der Waals surface area (Å²) in [6.07, 6.45) is 1.53. The van der Waals surface area contributed by atoms with Gasteiger partial charge in [0.25, 0.3) is 0 Å². The van der Waals surface area contributed by atoms with Gasteiger partial charge >= 0.3 is 0 Å². The normalized spacial score (nSPS) is 22.5. The maximum Gasteiger partial charge on any atom is 0.240 e. The summed E-state index contributed by atoms with van der Waals surface area (Å²) < 4.78 is 49.8. The summed E-state index contributed by atoms with van der Waals surface area (Å²) in [5, 5.41) is 0. The second-order valence-electron chi connectivity index (χ2n) is 6.00. The van der Waals surface area contributed by atoms with Gasteiger partial charge in [-0.2, -0.15) is 0 Å². The first kappa shape index (κ1) is 17.4. The summed E-state index contributed by atoms with van der Waals surface area (Å²) in [4.78, 5) is 0.223. The lowest BCUT2D eigenvalue weighted by Crippen LogP contribution is -2.30. The Hall–Kier alpha value is -0.920. The van der Waals surface area contributed by atoms with Crippen LogP contribution in [-0.2, 0) is 19.9 Å². The fourth-order valence-corrected chi connectivity index (χ4v) is 5.53. The van der Waals surface area contributed by atoms with Crippen molar-refractivity contribution in [2.75, 3.05) is 18.1 Å². The van der Waals surface area contributed by atoms with Crippen molar-refractivity contribution in [3.8, 4) is 0 Å². The lowest BCUT2D eigenvalue weighted by molar-refractivity contribution is 0.543. The first-order chi connectivity index (χ1) is 10.2. The fourth-order valence-electron chi connectivity index (χ4n) is 2.56. The summed E-state index contributed by atoms with van der Waals surface area (Å²) in [5.74, 6) is 0.499. The molecule has 2 atom stereocenters. The van der Waals surface area contributed by atoms with Crippen LogP contribution in [0.4, 0.5) is 0 Å². The number of sulfone groups is 1. The molecule has 0 amide bonds. The number of hydrogen-bond donors (Lipinski definition) is 1. The van der Waals surface area contributed by atoms with Crippen LogP contribution in [-0.4, -0.2) is 34.9 Å². The van der Waals surface area contributed by atoms with Gasteiger partial charge in [-0.15, -0.1) is 0 Å². The first-order valence-corrected chi connectivity index (χ1v) is 10.8. The number of benzene rings is 1. The van der Waals surface area contributed by atoms with Crippen molar-refractivity contribution in [3.63, 3.8) is 0 Å². The van der Waals surface area contributed by atoms with Gasteiger partial charge in [0.2, 0.25) is 10.0 Å². The largest absolute Gasteiger partial charge is 0.240 e. The first-order valence-electron chi connectivity index (χ1n) is 7.53. The number of rotatable bonds is 6. The summed E-state index contributed by atoms with van der Waals surface area (Å²) in [7, 11) is -6.56. The molecule has 1 fully saturated rings. The van der Waals surface area contributed by atoms with Gasteiger partial charge in [-0.25, -0.2) is 21.6 Å². The Balaban J connectivity index is 2.01. The molecule has 1 aliphatic rings. The van der Waals surface area contributed by atoms with Crippen molar-refractivity contribution >= 4 is 19.9 Å². The van der Waals surface area contributed by atoms with E-state index in [9.17, 15) is 16.8 Å². The van der Waals surface area contributed by atoms with Crippen LogP contribution >= 0.6 is 0 Å². The van der Waals surface area contributed by atoms with Crippen LogP contribution in [0.2, 0.25) is 0 Å². The van der Waals surface area contributed by atoms with E-state index in [2.05, 4.69) is 18.6 Å². The molecule has 1 aliphatic heterocycles. The number of nitrogens with one attached hydrogen (secondary N) is 1. The summed E-state index contributed by atoms with van der Waals surface area (Å²) in [5.41, 5.74) is 1.11. The molecule has 2 rings (SSSR count). The molecule has 0 bridgehead atoms. The molecule has 1 aromatic rings. The van der Waals surface area contributed by atoms with E-state index < -0.39 is 19.9 Å². The van der Waals surface area contributed by atoms with E-state index in [1.165, 1.54) is 0 Å². The summed E-state index contributed by atoms with van der Waals surface area (Å²) >= 11 is 0. The second kappa shape index (κ2) is 6.68. The number of sulfonamides is 1. The predicted molar refractivity (Wildman–Crippen MR) is 87.1 cm³/mol. The van der Waals surface area contributed by atoms with E-state index >= 15 is 0 Å². The Bertz CT molecular complexity index is 708. The van der Waals surface area contributed by atoms with E-state index in [0.29, 0.717) is 12.3 Å². The molecule has 0 radical (unpaired) electrons. The quantitative estimate of drug-likeness (QED) is 0.854. The Morgan fingerprint density at radius 2 is 1.91 bits per heavy atom. The summed E-state index contributed by atoms with van der Waals surface area (Å²) in [6, 6.07) is 6.88. The Kier molecular flexibility index (Phi) is 5.29. The molecule has 1 saturated heterocycles. The maximum atomic E-state index is 12.2. The highest BCUT2D eigenvalue weighted by molar-refractivity contribution is 7.91. The molecule has 1 heterocycles. The molecule has 7 heteroatoms. The van der Waals surface area contributed by atoms with E-state index in [4.69, 9.17) is 0 Å². The zero-order valence-corrected chi connectivity index (χ0v) is 14.6. The molecular weight excluding hydrogens is 322 g/mol. The van der Waals surface area contributed by atoms with Crippen LogP contribution in [0.5, 0.6) is 0 Å². The van der Waals surface area contributed by atoms with Gasteiger partial charge in [0.15, 0.2) is 9.84 Å². The Morgan fingerprint density at radius 1 is 1.27 bits per heavy atom. The predicted octanol–water partition coefficient (Wildman–Crippen LogP) is 1.91. The zero-order valence-electron chi connectivity index (χ0n) is 12.9. The zero-order chi connectivity index (χ0) is 16.4. The third-order valence-corrected chi connectivity index (χ3v) is 7.54. The van der Waals surface area contributed by atoms with E-state index in [1.54, 1.807) is 12.1 Å². The maximum absolute atomic E-state index is 12.2. The molecule has 0 saturated carbocycles. The Labute approximate surface area is 133 Å². The van der Waals surface area contributed by atoms with Gasteiger partial charge in [-0.3, -0.25) is 0 Å². The highest BCUT2D eigenvalue weighted by atomic mass is 32.2. The van der Waals surface area contributed by atoms with Gasteiger partial charge in [-0.1, -0.05) is 26.0 Å². The average molecular weight is 345 g/mol. The molecule has 2 unspecified atom stereocenters. The molecule has 22 heavy (non-hydrogen) atoms. The monoisotopic (exact) mass is 345 g/mol. The van der Waals surface area contributed by atoms with Crippen molar-refractivity contribution in [2.45, 2.75) is 37.5 Å². The van der Waals surface area contributed by atoms with Gasteiger partial charge < -0.3 is 0 Å². The van der Waals surface area contributed by atoms with Gasteiger partial charge in [-0.05, 0) is 42.4 Å². The standard InChI is InChI=1S/C15H23NO4S2/c1-3-12(2)14-4-6-15(7-5-14)22(19,20)16-10-13-8-9-21(17,18)11-13/h4-7,12-13,16H,3,8-11H2,1-2H3. The minimum absolute atomic E-state index is 0.0719. The van der Waals surface area contributed by atoms with Crippen LogP contribution < -0.4 is 4.72 Å². The minimum Gasteiger partial charge on any atom is -0.229 e. The molecule has 0 aromatic heterocycles. The van der Waals surface area contributed by atoms with E-state index in [0.717, 1.165) is 12.0 Å². The van der Waals surface area contributed by atoms with Gasteiger partial charge in [0.05, 0.1) is 16.4 Å². The second-order valence-corrected chi connectivity index (χ2v) is 9.99. The lowest BCUT2D eigenvalue weighted by atomic mass is 9.99. The fraction of sp³-hybridized carbons (Fsp3) is 0.600. The molecule has 1 N–H and O–H groups in total. The average Bonchev–Trinajstić information content (AvgIpc) is 2.84. The lowest BCUT2D eigenvalue weighted by Gasteiger charge is -2.12. The third kappa shape index (κ3) is 4.30. The molecule has 0 spiro atoms. The van der Waals surface area contributed by atoms with E-state index in [1.807, 2.05) is 12.1 Å². The van der Waals surface area contributed by atoms with Gasteiger partial charge in [0, 0.05) is 6.54 Å². The van der Waals surface area contributed by atoms with Crippen molar-refractivity contribution in [2.24, 2.45) is 5.92 Å². The molecule has 1 aromatic carbocycles. The molecule has 124 valence electrons. The summed E-state index contributed by atoms with van der Waals surface area (Å²) in [6.45, 7) is 4.36. The molecule has 0 aliphatic carbocycles. The van der Waals surface area contributed by atoms with Gasteiger partial charge in [0.1, 0.15) is 0 Å². The Morgan fingerprint density at radius 3 is 2.41 bits per heavy atom. The minimum atomic E-state index is -3.58. The van der Waals surface area contributed by atoms with Crippen molar-refractivity contribution in [3.05, 3.63) is 29.8 Å². The SMILES string of the molecule is CCC(C)c1ccc(S(=O)(=O)NCC2CCS(=O)(=O)C2)cc1. The number of hydrogen-bond acceptors (Lipinski definition) is 4. The highest BCUT2D eigenvalue weighted by Gasteiger charge is 2.29. The van der Waals surface area contributed by atoms with Crippen LogP contribution in [0.15, 0.2) is 29.2 Å². The van der Waals surface area contributed by atoms with Crippen LogP contribution in [0.3, 0.4) is 0 Å². The van der Waals surface area contributed by atoms with Crippen LogP contribution in [0, 0.1) is 5.92 Å². The van der Waals surface area contributed by atoms with E-state index in [-0.39, 0.29) is 28.9 Å². The third-order valence-electron chi connectivity index (χ3n) is 4.26. The van der Waals surface area contributed by atoms with Crippen molar-refractivity contribution < 1.29 is 16.8 Å². The van der Waals surface area contributed by atoms with Crippen molar-refractivity contribution in [1.29, 1.82) is 0 Å². The smallest absolute Gasteiger partial charge is 0.229 e.